The molecular weight excluding hydrogens is 378 g/mol. The lowest BCUT2D eigenvalue weighted by molar-refractivity contribution is 0.102. The lowest BCUT2D eigenvalue weighted by Crippen LogP contribution is -2.16. The first kappa shape index (κ1) is 17.8. The van der Waals surface area contributed by atoms with Crippen molar-refractivity contribution in [3.05, 3.63) is 57.0 Å². The maximum absolute atomic E-state index is 12.5. The van der Waals surface area contributed by atoms with Gasteiger partial charge in [0, 0.05) is 4.47 Å². The summed E-state index contributed by atoms with van der Waals surface area (Å²) in [6, 6.07) is 11.0. The van der Waals surface area contributed by atoms with Crippen LogP contribution >= 0.6 is 27.5 Å². The number of amides is 1. The molecule has 0 heterocycles. The zero-order chi connectivity index (χ0) is 17.2. The molecular formula is C18H19BrClNO2. The summed E-state index contributed by atoms with van der Waals surface area (Å²) in [5.74, 6) is 0.332. The van der Waals surface area contributed by atoms with E-state index in [1.54, 1.807) is 25.3 Å². The van der Waals surface area contributed by atoms with Gasteiger partial charge in [-0.05, 0) is 41.3 Å². The number of nitrogens with one attached hydrogen (secondary N) is 1. The van der Waals surface area contributed by atoms with Crippen molar-refractivity contribution >= 4 is 39.1 Å². The number of ether oxygens (including phenoxy) is 1. The normalized spacial score (nSPS) is 11.2. The minimum Gasteiger partial charge on any atom is -0.495 e. The molecule has 0 spiro atoms. The molecule has 0 bridgehead atoms. The Kier molecular flexibility index (Phi) is 5.37. The highest BCUT2D eigenvalue weighted by molar-refractivity contribution is 9.10. The number of benzene rings is 2. The van der Waals surface area contributed by atoms with Crippen molar-refractivity contribution in [1.29, 1.82) is 0 Å². The number of anilines is 1. The number of halogens is 2. The van der Waals surface area contributed by atoms with Gasteiger partial charge in [0.25, 0.3) is 5.91 Å². The van der Waals surface area contributed by atoms with Crippen molar-refractivity contribution in [2.24, 2.45) is 0 Å². The van der Waals surface area contributed by atoms with Gasteiger partial charge in [-0.15, -0.1) is 0 Å². The molecule has 1 N–H and O–H groups in total. The van der Waals surface area contributed by atoms with Crippen molar-refractivity contribution in [1.82, 2.24) is 0 Å². The van der Waals surface area contributed by atoms with Crippen LogP contribution in [0, 0.1) is 0 Å². The van der Waals surface area contributed by atoms with Crippen molar-refractivity contribution in [3.63, 3.8) is 0 Å². The second-order valence-electron chi connectivity index (χ2n) is 6.24. The van der Waals surface area contributed by atoms with Gasteiger partial charge in [0.2, 0.25) is 0 Å². The van der Waals surface area contributed by atoms with Crippen LogP contribution in [0.3, 0.4) is 0 Å². The van der Waals surface area contributed by atoms with Crippen LogP contribution in [0.4, 0.5) is 5.69 Å². The lowest BCUT2D eigenvalue weighted by Gasteiger charge is -2.21. The first-order chi connectivity index (χ1) is 10.7. The van der Waals surface area contributed by atoms with Gasteiger partial charge in [0.05, 0.1) is 23.4 Å². The van der Waals surface area contributed by atoms with Crippen LogP contribution < -0.4 is 10.1 Å². The molecule has 2 rings (SSSR count). The molecule has 0 saturated carbocycles. The van der Waals surface area contributed by atoms with Gasteiger partial charge in [0.15, 0.2) is 0 Å². The Labute approximate surface area is 150 Å². The third-order valence-corrected chi connectivity index (χ3v) is 4.31. The van der Waals surface area contributed by atoms with Crippen LogP contribution in [0.25, 0.3) is 0 Å². The fourth-order valence-electron chi connectivity index (χ4n) is 2.13. The smallest absolute Gasteiger partial charge is 0.257 e. The molecule has 0 saturated heterocycles. The molecule has 0 unspecified atom stereocenters. The Hall–Kier alpha value is -1.52. The molecule has 122 valence electrons. The molecule has 0 aromatic heterocycles. The van der Waals surface area contributed by atoms with Crippen LogP contribution in [0.15, 0.2) is 40.9 Å². The van der Waals surface area contributed by atoms with Gasteiger partial charge < -0.3 is 10.1 Å². The number of rotatable bonds is 3. The number of methoxy groups -OCH3 is 1. The Morgan fingerprint density at radius 2 is 1.87 bits per heavy atom. The van der Waals surface area contributed by atoms with E-state index in [0.29, 0.717) is 22.0 Å². The molecule has 2 aromatic rings. The second kappa shape index (κ2) is 6.93. The third kappa shape index (κ3) is 4.27. The average Bonchev–Trinajstić information content (AvgIpc) is 2.48. The minimum atomic E-state index is -0.277. The van der Waals surface area contributed by atoms with Gasteiger partial charge in [0.1, 0.15) is 5.75 Å². The van der Waals surface area contributed by atoms with Crippen molar-refractivity contribution in [2.45, 2.75) is 26.2 Å². The molecule has 0 radical (unpaired) electrons. The van der Waals surface area contributed by atoms with E-state index >= 15 is 0 Å². The van der Waals surface area contributed by atoms with Gasteiger partial charge in [-0.3, -0.25) is 4.79 Å². The number of hydrogen-bond acceptors (Lipinski definition) is 2. The Bertz CT molecular complexity index is 738. The minimum absolute atomic E-state index is 0.0286. The van der Waals surface area contributed by atoms with Gasteiger partial charge >= 0.3 is 0 Å². The maximum atomic E-state index is 12.5. The summed E-state index contributed by atoms with van der Waals surface area (Å²) in [7, 11) is 1.58. The summed E-state index contributed by atoms with van der Waals surface area (Å²) in [4.78, 5) is 12.5. The quantitative estimate of drug-likeness (QED) is 0.727. The third-order valence-electron chi connectivity index (χ3n) is 3.49. The van der Waals surface area contributed by atoms with E-state index in [-0.39, 0.29) is 11.3 Å². The van der Waals surface area contributed by atoms with E-state index in [4.69, 9.17) is 16.3 Å². The molecule has 2 aromatic carbocycles. The topological polar surface area (TPSA) is 38.3 Å². The number of carbonyl (C=O) groups is 1. The van der Waals surface area contributed by atoms with Crippen LogP contribution in [0.5, 0.6) is 5.75 Å². The predicted molar refractivity (Wildman–Crippen MR) is 98.8 cm³/mol. The van der Waals surface area contributed by atoms with Crippen LogP contribution in [-0.4, -0.2) is 13.0 Å². The van der Waals surface area contributed by atoms with E-state index in [9.17, 15) is 4.79 Å². The van der Waals surface area contributed by atoms with Crippen molar-refractivity contribution in [3.8, 4) is 5.75 Å². The highest BCUT2D eigenvalue weighted by Gasteiger charge is 2.18. The largest absolute Gasteiger partial charge is 0.495 e. The van der Waals surface area contributed by atoms with Gasteiger partial charge in [-0.1, -0.05) is 54.4 Å². The first-order valence-corrected chi connectivity index (χ1v) is 8.34. The predicted octanol–water partition coefficient (Wildman–Crippen LogP) is 5.66. The summed E-state index contributed by atoms with van der Waals surface area (Å²) in [5.41, 5.74) is 2.11. The number of hydrogen-bond donors (Lipinski definition) is 1. The Balaban J connectivity index is 2.38. The Morgan fingerprint density at radius 3 is 2.48 bits per heavy atom. The standard InChI is InChI=1S/C18H19BrClNO2/c1-18(2,3)11-5-8-16(23-4)15(9-11)21-17(22)13-10-12(19)6-7-14(13)20/h5-10H,1-4H3,(H,21,22). The second-order valence-corrected chi connectivity index (χ2v) is 7.57. The van der Waals surface area contributed by atoms with Gasteiger partial charge in [-0.25, -0.2) is 0 Å². The maximum Gasteiger partial charge on any atom is 0.257 e. The molecule has 3 nitrogen and oxygen atoms in total. The summed E-state index contributed by atoms with van der Waals surface area (Å²) < 4.78 is 6.14. The fraction of sp³-hybridized carbons (Fsp3) is 0.278. The summed E-state index contributed by atoms with van der Waals surface area (Å²) in [5, 5.41) is 3.29. The van der Waals surface area contributed by atoms with Gasteiger partial charge in [-0.2, -0.15) is 0 Å². The molecule has 23 heavy (non-hydrogen) atoms. The van der Waals surface area contributed by atoms with Crippen molar-refractivity contribution in [2.75, 3.05) is 12.4 Å². The van der Waals surface area contributed by atoms with Crippen molar-refractivity contribution < 1.29 is 9.53 Å². The van der Waals surface area contributed by atoms with E-state index in [2.05, 4.69) is 42.0 Å². The zero-order valence-electron chi connectivity index (χ0n) is 13.5. The fourth-order valence-corrected chi connectivity index (χ4v) is 2.70. The van der Waals surface area contributed by atoms with E-state index in [0.717, 1.165) is 10.0 Å². The average molecular weight is 397 g/mol. The molecule has 0 aliphatic rings. The highest BCUT2D eigenvalue weighted by Crippen LogP contribution is 2.32. The zero-order valence-corrected chi connectivity index (χ0v) is 15.9. The van der Waals surface area contributed by atoms with E-state index in [1.165, 1.54) is 0 Å². The van der Waals surface area contributed by atoms with Crippen LogP contribution in [0.2, 0.25) is 5.02 Å². The van der Waals surface area contributed by atoms with E-state index < -0.39 is 0 Å². The molecule has 5 heteroatoms. The highest BCUT2D eigenvalue weighted by atomic mass is 79.9. The Morgan fingerprint density at radius 1 is 1.17 bits per heavy atom. The summed E-state index contributed by atoms with van der Waals surface area (Å²) in [6.07, 6.45) is 0. The number of carbonyl (C=O) groups excluding carboxylic acids is 1. The molecule has 0 aliphatic heterocycles. The molecule has 0 aliphatic carbocycles. The van der Waals surface area contributed by atoms with Crippen LogP contribution in [-0.2, 0) is 5.41 Å². The monoisotopic (exact) mass is 395 g/mol. The van der Waals surface area contributed by atoms with Crippen LogP contribution in [0.1, 0.15) is 36.7 Å². The molecule has 0 atom stereocenters. The lowest BCUT2D eigenvalue weighted by atomic mass is 9.87. The SMILES string of the molecule is COc1ccc(C(C)(C)C)cc1NC(=O)c1cc(Br)ccc1Cl. The first-order valence-electron chi connectivity index (χ1n) is 7.17. The van der Waals surface area contributed by atoms with E-state index in [1.807, 2.05) is 18.2 Å². The summed E-state index contributed by atoms with van der Waals surface area (Å²) >= 11 is 9.47. The molecule has 1 amide bonds. The summed E-state index contributed by atoms with van der Waals surface area (Å²) in [6.45, 7) is 6.35. The molecule has 0 fully saturated rings.